The Morgan fingerprint density at radius 3 is 2.53 bits per heavy atom. The number of alkyl halides is 3. The van der Waals surface area contributed by atoms with Crippen molar-refractivity contribution in [3.05, 3.63) is 23.8 Å². The van der Waals surface area contributed by atoms with Crippen LogP contribution < -0.4 is 10.5 Å². The van der Waals surface area contributed by atoms with E-state index < -0.39 is 18.8 Å². The fourth-order valence-electron chi connectivity index (χ4n) is 1.09. The number of rotatable bonds is 3. The van der Waals surface area contributed by atoms with Crippen molar-refractivity contribution in [3.8, 4) is 5.75 Å². The number of carbonyl (C=O) groups is 1. The molecule has 2 N–H and O–H groups in total. The van der Waals surface area contributed by atoms with Crippen LogP contribution in [0.5, 0.6) is 5.75 Å². The molecule has 4 nitrogen and oxygen atoms in total. The zero-order chi connectivity index (χ0) is 13.1. The van der Waals surface area contributed by atoms with Crippen molar-refractivity contribution in [2.45, 2.75) is 6.18 Å². The van der Waals surface area contributed by atoms with Gasteiger partial charge in [-0.05, 0) is 18.2 Å². The molecular weight excluding hydrogens is 239 g/mol. The highest BCUT2D eigenvalue weighted by Gasteiger charge is 2.29. The van der Waals surface area contributed by atoms with Gasteiger partial charge in [-0.25, -0.2) is 4.79 Å². The minimum Gasteiger partial charge on any atom is -0.495 e. The van der Waals surface area contributed by atoms with E-state index in [9.17, 15) is 18.0 Å². The highest BCUT2D eigenvalue weighted by molar-refractivity contribution is 5.91. The molecule has 0 aliphatic rings. The summed E-state index contributed by atoms with van der Waals surface area (Å²) in [7, 11) is 1.38. The predicted molar refractivity (Wildman–Crippen MR) is 53.7 cm³/mol. The van der Waals surface area contributed by atoms with Gasteiger partial charge in [0.1, 0.15) is 5.75 Å². The number of nitrogens with two attached hydrogens (primary N) is 1. The molecule has 0 heterocycles. The Morgan fingerprint density at radius 1 is 1.41 bits per heavy atom. The number of carbonyl (C=O) groups excluding carboxylic acids is 1. The molecule has 1 aromatic carbocycles. The third kappa shape index (κ3) is 3.86. The van der Waals surface area contributed by atoms with E-state index in [4.69, 9.17) is 10.5 Å². The summed E-state index contributed by atoms with van der Waals surface area (Å²) < 4.78 is 44.3. The van der Waals surface area contributed by atoms with E-state index in [0.29, 0.717) is 5.75 Å². The predicted octanol–water partition coefficient (Wildman–Crippen LogP) is 2.00. The normalized spacial score (nSPS) is 11.1. The van der Waals surface area contributed by atoms with Crippen molar-refractivity contribution >= 4 is 11.7 Å². The van der Waals surface area contributed by atoms with E-state index in [1.165, 1.54) is 25.3 Å². The first-order chi connectivity index (χ1) is 7.83. The van der Waals surface area contributed by atoms with Crippen LogP contribution in [0, 0.1) is 0 Å². The lowest BCUT2D eigenvalue weighted by atomic mass is 10.2. The molecule has 0 saturated carbocycles. The van der Waals surface area contributed by atoms with E-state index in [1.807, 2.05) is 0 Å². The third-order valence-electron chi connectivity index (χ3n) is 1.83. The van der Waals surface area contributed by atoms with Crippen LogP contribution in [0.2, 0.25) is 0 Å². The maximum atomic E-state index is 11.8. The maximum Gasteiger partial charge on any atom is 0.422 e. The topological polar surface area (TPSA) is 61.5 Å². The Bertz CT molecular complexity index is 418. The maximum absolute atomic E-state index is 11.8. The fraction of sp³-hybridized carbons (Fsp3) is 0.300. The van der Waals surface area contributed by atoms with Gasteiger partial charge in [0.25, 0.3) is 0 Å². The Hall–Kier alpha value is -1.92. The summed E-state index contributed by atoms with van der Waals surface area (Å²) in [6.07, 6.45) is -4.55. The van der Waals surface area contributed by atoms with Crippen molar-refractivity contribution in [1.82, 2.24) is 0 Å². The van der Waals surface area contributed by atoms with Crippen LogP contribution >= 0.6 is 0 Å². The number of methoxy groups -OCH3 is 1. The second-order valence-corrected chi connectivity index (χ2v) is 3.15. The molecule has 0 aliphatic carbocycles. The molecule has 0 radical (unpaired) electrons. The Kier molecular flexibility index (Phi) is 3.82. The number of halogens is 3. The van der Waals surface area contributed by atoms with E-state index in [-0.39, 0.29) is 11.3 Å². The molecule has 0 atom stereocenters. The fourth-order valence-corrected chi connectivity index (χ4v) is 1.09. The number of hydrogen-bond donors (Lipinski definition) is 1. The number of hydrogen-bond acceptors (Lipinski definition) is 4. The average molecular weight is 249 g/mol. The van der Waals surface area contributed by atoms with Gasteiger partial charge >= 0.3 is 12.1 Å². The lowest BCUT2D eigenvalue weighted by Crippen LogP contribution is -2.20. The second-order valence-electron chi connectivity index (χ2n) is 3.15. The summed E-state index contributed by atoms with van der Waals surface area (Å²) in [5.74, 6) is -0.756. The quantitative estimate of drug-likeness (QED) is 0.657. The second kappa shape index (κ2) is 4.94. The lowest BCUT2D eigenvalue weighted by Gasteiger charge is -2.09. The van der Waals surface area contributed by atoms with Crippen LogP contribution in [0.1, 0.15) is 10.4 Å². The standard InChI is InChI=1S/C10H10F3NO3/c1-16-8-3-2-6(4-7(8)14)9(15)17-5-10(11,12)13/h2-4H,5,14H2,1H3. The lowest BCUT2D eigenvalue weighted by molar-refractivity contribution is -0.161. The monoisotopic (exact) mass is 249 g/mol. The largest absolute Gasteiger partial charge is 0.495 e. The highest BCUT2D eigenvalue weighted by atomic mass is 19.4. The molecule has 94 valence electrons. The van der Waals surface area contributed by atoms with Crippen LogP contribution in [0.15, 0.2) is 18.2 Å². The Balaban J connectivity index is 2.73. The summed E-state index contributed by atoms with van der Waals surface area (Å²) in [5.41, 5.74) is 5.58. The zero-order valence-corrected chi connectivity index (χ0v) is 8.88. The van der Waals surface area contributed by atoms with Gasteiger partial charge in [0.15, 0.2) is 6.61 Å². The van der Waals surface area contributed by atoms with Gasteiger partial charge in [-0.2, -0.15) is 13.2 Å². The molecule has 17 heavy (non-hydrogen) atoms. The van der Waals surface area contributed by atoms with E-state index in [0.717, 1.165) is 0 Å². The molecule has 0 saturated heterocycles. The summed E-state index contributed by atoms with van der Waals surface area (Å²) in [5, 5.41) is 0. The summed E-state index contributed by atoms with van der Waals surface area (Å²) in [6, 6.07) is 3.84. The molecule has 0 aromatic heterocycles. The number of anilines is 1. The first-order valence-corrected chi connectivity index (χ1v) is 4.51. The number of benzene rings is 1. The van der Waals surface area contributed by atoms with Crippen LogP contribution in [-0.4, -0.2) is 25.9 Å². The number of esters is 1. The zero-order valence-electron chi connectivity index (χ0n) is 8.88. The smallest absolute Gasteiger partial charge is 0.422 e. The molecular formula is C10H10F3NO3. The van der Waals surface area contributed by atoms with Gasteiger partial charge in [-0.15, -0.1) is 0 Å². The van der Waals surface area contributed by atoms with Gasteiger partial charge in [-0.3, -0.25) is 0 Å². The number of nitrogen functional groups attached to an aromatic ring is 1. The molecule has 0 bridgehead atoms. The Morgan fingerprint density at radius 2 is 2.06 bits per heavy atom. The molecule has 0 fully saturated rings. The van der Waals surface area contributed by atoms with Crippen molar-refractivity contribution in [3.63, 3.8) is 0 Å². The van der Waals surface area contributed by atoms with Gasteiger partial charge in [0.2, 0.25) is 0 Å². The molecule has 1 rings (SSSR count). The molecule has 1 aromatic rings. The van der Waals surface area contributed by atoms with Crippen LogP contribution in [0.3, 0.4) is 0 Å². The summed E-state index contributed by atoms with van der Waals surface area (Å²) >= 11 is 0. The first kappa shape index (κ1) is 13.1. The van der Waals surface area contributed by atoms with Gasteiger partial charge in [0, 0.05) is 0 Å². The van der Waals surface area contributed by atoms with Crippen molar-refractivity contribution in [1.29, 1.82) is 0 Å². The van der Waals surface area contributed by atoms with E-state index in [2.05, 4.69) is 4.74 Å². The van der Waals surface area contributed by atoms with Crippen molar-refractivity contribution < 1.29 is 27.4 Å². The first-order valence-electron chi connectivity index (χ1n) is 4.51. The summed E-state index contributed by atoms with van der Waals surface area (Å²) in [4.78, 5) is 11.2. The SMILES string of the molecule is COc1ccc(C(=O)OCC(F)(F)F)cc1N. The van der Waals surface area contributed by atoms with Crippen LogP contribution in [0.4, 0.5) is 18.9 Å². The van der Waals surface area contributed by atoms with Crippen LogP contribution in [0.25, 0.3) is 0 Å². The van der Waals surface area contributed by atoms with Gasteiger partial charge in [0.05, 0.1) is 18.4 Å². The summed E-state index contributed by atoms with van der Waals surface area (Å²) in [6.45, 7) is -1.63. The van der Waals surface area contributed by atoms with Gasteiger partial charge in [-0.1, -0.05) is 0 Å². The minimum atomic E-state index is -4.55. The molecule has 7 heteroatoms. The molecule has 0 unspecified atom stereocenters. The third-order valence-corrected chi connectivity index (χ3v) is 1.83. The van der Waals surface area contributed by atoms with Crippen LogP contribution in [-0.2, 0) is 4.74 Å². The van der Waals surface area contributed by atoms with Crippen molar-refractivity contribution in [2.24, 2.45) is 0 Å². The molecule has 0 aliphatic heterocycles. The van der Waals surface area contributed by atoms with Gasteiger partial charge < -0.3 is 15.2 Å². The molecule has 0 amide bonds. The Labute approximate surface area is 95.1 Å². The molecule has 0 spiro atoms. The van der Waals surface area contributed by atoms with Crippen molar-refractivity contribution in [2.75, 3.05) is 19.5 Å². The van der Waals surface area contributed by atoms with E-state index in [1.54, 1.807) is 0 Å². The minimum absolute atomic E-state index is 0.0625. The van der Waals surface area contributed by atoms with E-state index >= 15 is 0 Å². The average Bonchev–Trinajstić information content (AvgIpc) is 2.24. The highest BCUT2D eigenvalue weighted by Crippen LogP contribution is 2.23. The number of ether oxygens (including phenoxy) is 2.